The van der Waals surface area contributed by atoms with Crippen LogP contribution in [-0.4, -0.2) is 47.6 Å². The Kier molecular flexibility index (Phi) is 6.11. The van der Waals surface area contributed by atoms with Crippen LogP contribution in [0.25, 0.3) is 0 Å². The summed E-state index contributed by atoms with van der Waals surface area (Å²) in [6, 6.07) is 2.55. The zero-order valence-electron chi connectivity index (χ0n) is 13.0. The minimum absolute atomic E-state index is 0.748. The van der Waals surface area contributed by atoms with Crippen LogP contribution in [0.4, 0.5) is 0 Å². The highest BCUT2D eigenvalue weighted by atomic mass is 32.2. The Labute approximate surface area is 129 Å². The normalized spacial score (nSPS) is 30.8. The third-order valence-corrected chi connectivity index (χ3v) is 6.65. The maximum absolute atomic E-state index is 3.77. The van der Waals surface area contributed by atoms with Crippen LogP contribution in [0.3, 0.4) is 0 Å². The molecule has 0 aromatic carbocycles. The van der Waals surface area contributed by atoms with Gasteiger partial charge in [-0.25, -0.2) is 0 Å². The quantitative estimate of drug-likeness (QED) is 0.852. The lowest BCUT2D eigenvalue weighted by Crippen LogP contribution is -2.53. The Morgan fingerprint density at radius 3 is 1.95 bits per heavy atom. The van der Waals surface area contributed by atoms with Crippen LogP contribution in [0.2, 0.25) is 0 Å². The predicted octanol–water partition coefficient (Wildman–Crippen LogP) is 3.66. The molecule has 2 saturated carbocycles. The van der Waals surface area contributed by atoms with Crippen molar-refractivity contribution in [2.75, 3.05) is 24.6 Å². The van der Waals surface area contributed by atoms with E-state index in [2.05, 4.69) is 22.0 Å². The molecule has 3 rings (SSSR count). The van der Waals surface area contributed by atoms with E-state index < -0.39 is 0 Å². The number of thioether (sulfide) groups is 1. The van der Waals surface area contributed by atoms with E-state index in [4.69, 9.17) is 0 Å². The number of nitrogens with one attached hydrogen (secondary N) is 1. The fourth-order valence-electron chi connectivity index (χ4n) is 4.41. The molecular weight excluding hydrogens is 264 g/mol. The summed E-state index contributed by atoms with van der Waals surface area (Å²) in [4.78, 5) is 2.96. The highest BCUT2D eigenvalue weighted by Gasteiger charge is 2.30. The lowest BCUT2D eigenvalue weighted by molar-refractivity contribution is 0.0726. The molecule has 2 nitrogen and oxygen atoms in total. The molecule has 0 aromatic heterocycles. The smallest absolute Gasteiger partial charge is 0.0286 e. The maximum Gasteiger partial charge on any atom is 0.0286 e. The van der Waals surface area contributed by atoms with Crippen LogP contribution < -0.4 is 5.32 Å². The van der Waals surface area contributed by atoms with Gasteiger partial charge in [0.2, 0.25) is 0 Å². The lowest BCUT2D eigenvalue weighted by Gasteiger charge is -2.44. The second-order valence-corrected chi connectivity index (χ2v) is 8.16. The van der Waals surface area contributed by atoms with E-state index >= 15 is 0 Å². The number of nitrogens with zero attached hydrogens (tertiary/aromatic N) is 1. The molecule has 0 spiro atoms. The van der Waals surface area contributed by atoms with Gasteiger partial charge in [0.25, 0.3) is 0 Å². The number of hydrogen-bond acceptors (Lipinski definition) is 3. The SMILES string of the molecule is C1CCC(N(CC2CSCCN2)C2CCCCC2)CC1. The van der Waals surface area contributed by atoms with E-state index in [1.165, 1.54) is 88.8 Å². The molecule has 20 heavy (non-hydrogen) atoms. The van der Waals surface area contributed by atoms with Crippen molar-refractivity contribution in [3.8, 4) is 0 Å². The Balaban J connectivity index is 1.61. The topological polar surface area (TPSA) is 15.3 Å². The molecular formula is C17H32N2S. The fraction of sp³-hybridized carbons (Fsp3) is 1.00. The minimum atomic E-state index is 0.748. The highest BCUT2D eigenvalue weighted by molar-refractivity contribution is 7.99. The van der Waals surface area contributed by atoms with Gasteiger partial charge in [-0.3, -0.25) is 4.90 Å². The predicted molar refractivity (Wildman–Crippen MR) is 89.6 cm³/mol. The Bertz CT molecular complexity index is 248. The van der Waals surface area contributed by atoms with Crippen molar-refractivity contribution in [1.29, 1.82) is 0 Å². The van der Waals surface area contributed by atoms with E-state index in [9.17, 15) is 0 Å². The van der Waals surface area contributed by atoms with E-state index in [0.29, 0.717) is 0 Å². The third-order valence-electron chi connectivity index (χ3n) is 5.52. The monoisotopic (exact) mass is 296 g/mol. The van der Waals surface area contributed by atoms with Crippen molar-refractivity contribution in [2.24, 2.45) is 0 Å². The summed E-state index contributed by atoms with van der Waals surface area (Å²) in [5.41, 5.74) is 0. The van der Waals surface area contributed by atoms with Gasteiger partial charge in [0.1, 0.15) is 0 Å². The first-order valence-corrected chi connectivity index (χ1v) is 10.2. The van der Waals surface area contributed by atoms with Gasteiger partial charge >= 0.3 is 0 Å². The van der Waals surface area contributed by atoms with Crippen LogP contribution in [0.15, 0.2) is 0 Å². The van der Waals surface area contributed by atoms with E-state index in [1.54, 1.807) is 0 Å². The number of rotatable bonds is 4. The van der Waals surface area contributed by atoms with Gasteiger partial charge in [0, 0.05) is 42.7 Å². The molecule has 1 saturated heterocycles. The molecule has 1 heterocycles. The Morgan fingerprint density at radius 2 is 1.45 bits per heavy atom. The van der Waals surface area contributed by atoms with E-state index in [1.807, 2.05) is 0 Å². The summed E-state index contributed by atoms with van der Waals surface area (Å²) in [7, 11) is 0. The molecule has 3 aliphatic rings. The largest absolute Gasteiger partial charge is 0.311 e. The molecule has 2 aliphatic carbocycles. The average Bonchev–Trinajstić information content (AvgIpc) is 2.55. The van der Waals surface area contributed by atoms with E-state index in [0.717, 1.165) is 18.1 Å². The highest BCUT2D eigenvalue weighted by Crippen LogP contribution is 2.30. The first-order chi connectivity index (χ1) is 9.93. The Hall–Kier alpha value is 0.270. The Morgan fingerprint density at radius 1 is 0.850 bits per heavy atom. The summed E-state index contributed by atoms with van der Waals surface area (Å²) in [5.74, 6) is 2.64. The molecule has 3 fully saturated rings. The molecule has 1 unspecified atom stereocenters. The van der Waals surface area contributed by atoms with Crippen molar-refractivity contribution in [1.82, 2.24) is 10.2 Å². The first kappa shape index (κ1) is 15.2. The van der Waals surface area contributed by atoms with Gasteiger partial charge in [-0.1, -0.05) is 38.5 Å². The summed E-state index contributed by atoms with van der Waals surface area (Å²) >= 11 is 2.15. The van der Waals surface area contributed by atoms with Crippen LogP contribution >= 0.6 is 11.8 Å². The van der Waals surface area contributed by atoms with Gasteiger partial charge in [0.05, 0.1) is 0 Å². The second-order valence-electron chi connectivity index (χ2n) is 7.01. The van der Waals surface area contributed by atoms with Crippen LogP contribution in [0.1, 0.15) is 64.2 Å². The van der Waals surface area contributed by atoms with Crippen molar-refractivity contribution in [2.45, 2.75) is 82.3 Å². The van der Waals surface area contributed by atoms with Crippen molar-refractivity contribution < 1.29 is 0 Å². The molecule has 3 heteroatoms. The second kappa shape index (κ2) is 8.05. The standard InChI is InChI=1S/C17H32N2S/c1-3-7-16(8-4-1)19(17-9-5-2-6-10-17)13-15-14-20-12-11-18-15/h15-18H,1-14H2. The van der Waals surface area contributed by atoms with Gasteiger partial charge in [-0.05, 0) is 25.7 Å². The molecule has 1 aliphatic heterocycles. The molecule has 116 valence electrons. The van der Waals surface area contributed by atoms with Gasteiger partial charge in [0.15, 0.2) is 0 Å². The maximum atomic E-state index is 3.77. The van der Waals surface area contributed by atoms with Crippen molar-refractivity contribution >= 4 is 11.8 Å². The molecule has 0 amide bonds. The van der Waals surface area contributed by atoms with Crippen molar-refractivity contribution in [3.63, 3.8) is 0 Å². The van der Waals surface area contributed by atoms with Gasteiger partial charge in [-0.15, -0.1) is 0 Å². The fourth-order valence-corrected chi connectivity index (χ4v) is 5.35. The first-order valence-electron chi connectivity index (χ1n) is 9.00. The zero-order chi connectivity index (χ0) is 13.6. The van der Waals surface area contributed by atoms with Gasteiger partial charge in [-0.2, -0.15) is 11.8 Å². The van der Waals surface area contributed by atoms with Crippen LogP contribution in [-0.2, 0) is 0 Å². The minimum Gasteiger partial charge on any atom is -0.311 e. The van der Waals surface area contributed by atoms with Crippen molar-refractivity contribution in [3.05, 3.63) is 0 Å². The molecule has 0 radical (unpaired) electrons. The zero-order valence-corrected chi connectivity index (χ0v) is 13.8. The van der Waals surface area contributed by atoms with Gasteiger partial charge < -0.3 is 5.32 Å². The lowest BCUT2D eigenvalue weighted by atomic mass is 9.88. The summed E-state index contributed by atoms with van der Waals surface area (Å²) < 4.78 is 0. The summed E-state index contributed by atoms with van der Waals surface area (Å²) in [6.07, 6.45) is 14.7. The summed E-state index contributed by atoms with van der Waals surface area (Å²) in [6.45, 7) is 2.54. The van der Waals surface area contributed by atoms with Crippen LogP contribution in [0.5, 0.6) is 0 Å². The average molecular weight is 297 g/mol. The summed E-state index contributed by atoms with van der Waals surface area (Å²) in [5, 5.41) is 3.77. The number of hydrogen-bond donors (Lipinski definition) is 1. The van der Waals surface area contributed by atoms with Crippen LogP contribution in [0, 0.1) is 0 Å². The molecule has 1 N–H and O–H groups in total. The molecule has 1 atom stereocenters. The van der Waals surface area contributed by atoms with E-state index in [-0.39, 0.29) is 0 Å². The molecule has 0 aromatic rings. The third kappa shape index (κ3) is 4.14. The molecule has 0 bridgehead atoms.